The Morgan fingerprint density at radius 3 is 2.32 bits per heavy atom. The van der Waals surface area contributed by atoms with Crippen molar-refractivity contribution in [3.8, 4) is 10.4 Å². The third-order valence-corrected chi connectivity index (χ3v) is 3.72. The zero-order valence-corrected chi connectivity index (χ0v) is 10.6. The minimum absolute atomic E-state index is 0.263. The summed E-state index contributed by atoms with van der Waals surface area (Å²) in [7, 11) is 0. The number of rotatable bonds is 3. The number of nitrogens with zero attached hydrogens (tertiary/aromatic N) is 1. The van der Waals surface area contributed by atoms with Gasteiger partial charge in [-0.3, -0.25) is 0 Å². The molecule has 0 bridgehead atoms. The van der Waals surface area contributed by atoms with Gasteiger partial charge < -0.3 is 11.5 Å². The zero-order valence-electron chi connectivity index (χ0n) is 9.82. The molecule has 2 aromatic rings. The fourth-order valence-electron chi connectivity index (χ4n) is 1.57. The fourth-order valence-corrected chi connectivity index (χ4v) is 2.36. The van der Waals surface area contributed by atoms with Gasteiger partial charge in [0.15, 0.2) is 5.01 Å². The van der Waals surface area contributed by atoms with Crippen LogP contribution in [0.4, 0.5) is 13.2 Å². The normalized spacial score (nSPS) is 13.5. The summed E-state index contributed by atoms with van der Waals surface area (Å²) in [5.74, 6) is 0. The first-order valence-electron chi connectivity index (χ1n) is 5.51. The summed E-state index contributed by atoms with van der Waals surface area (Å²) in [4.78, 5) is 3.86. The Morgan fingerprint density at radius 2 is 1.84 bits per heavy atom. The molecule has 0 amide bonds. The number of nitrogens with two attached hydrogens (primary N) is 2. The highest BCUT2D eigenvalue weighted by Crippen LogP contribution is 2.36. The number of thiazole rings is 1. The monoisotopic (exact) mass is 287 g/mol. The highest BCUT2D eigenvalue weighted by Gasteiger charge is 2.34. The van der Waals surface area contributed by atoms with Gasteiger partial charge in [-0.25, -0.2) is 4.98 Å². The molecule has 1 heterocycles. The second kappa shape index (κ2) is 5.28. The van der Waals surface area contributed by atoms with Crippen LogP contribution in [0.2, 0.25) is 0 Å². The Kier molecular flexibility index (Phi) is 3.88. The van der Waals surface area contributed by atoms with E-state index >= 15 is 0 Å². The lowest BCUT2D eigenvalue weighted by Crippen LogP contribution is -2.20. The van der Waals surface area contributed by atoms with Crippen molar-refractivity contribution >= 4 is 11.3 Å². The summed E-state index contributed by atoms with van der Waals surface area (Å²) in [5.41, 5.74) is 12.7. The highest BCUT2D eigenvalue weighted by atomic mass is 32.1. The first kappa shape index (κ1) is 14.0. The Bertz CT molecular complexity index is 548. The van der Waals surface area contributed by atoms with E-state index in [1.165, 1.54) is 6.20 Å². The third kappa shape index (κ3) is 3.12. The summed E-state index contributed by atoms with van der Waals surface area (Å²) >= 11 is 0.621. The van der Waals surface area contributed by atoms with Gasteiger partial charge >= 0.3 is 6.18 Å². The van der Waals surface area contributed by atoms with E-state index in [4.69, 9.17) is 11.5 Å². The van der Waals surface area contributed by atoms with E-state index in [-0.39, 0.29) is 6.04 Å². The lowest BCUT2D eigenvalue weighted by molar-refractivity contribution is -0.137. The van der Waals surface area contributed by atoms with Crippen molar-refractivity contribution in [3.63, 3.8) is 0 Å². The lowest BCUT2D eigenvalue weighted by Gasteiger charge is -2.09. The van der Waals surface area contributed by atoms with Gasteiger partial charge in [-0.2, -0.15) is 13.2 Å². The minimum Gasteiger partial charge on any atom is -0.329 e. The third-order valence-electron chi connectivity index (χ3n) is 2.63. The average molecular weight is 287 g/mol. The minimum atomic E-state index is -4.40. The van der Waals surface area contributed by atoms with Crippen molar-refractivity contribution in [1.82, 2.24) is 4.98 Å². The van der Waals surface area contributed by atoms with E-state index in [1.54, 1.807) is 24.3 Å². The molecule has 0 saturated heterocycles. The van der Waals surface area contributed by atoms with E-state index in [0.29, 0.717) is 28.3 Å². The van der Waals surface area contributed by atoms with Crippen LogP contribution in [-0.2, 0) is 6.18 Å². The van der Waals surface area contributed by atoms with Crippen molar-refractivity contribution in [2.75, 3.05) is 6.54 Å². The van der Waals surface area contributed by atoms with Crippen LogP contribution in [0.15, 0.2) is 30.5 Å². The SMILES string of the molecule is NCC(N)c1ccc(-c2cnc(C(F)(F)F)s2)cc1. The number of hydrogen-bond donors (Lipinski definition) is 2. The Labute approximate surface area is 112 Å². The molecule has 0 fully saturated rings. The smallest absolute Gasteiger partial charge is 0.329 e. The van der Waals surface area contributed by atoms with Gasteiger partial charge in [-0.1, -0.05) is 24.3 Å². The highest BCUT2D eigenvalue weighted by molar-refractivity contribution is 7.15. The second-order valence-corrected chi connectivity index (χ2v) is 5.02. The van der Waals surface area contributed by atoms with Crippen LogP contribution in [0.25, 0.3) is 10.4 Å². The Balaban J connectivity index is 2.25. The molecule has 0 aliphatic rings. The van der Waals surface area contributed by atoms with E-state index in [2.05, 4.69) is 4.98 Å². The first-order chi connectivity index (χ1) is 8.91. The molecular weight excluding hydrogens is 275 g/mol. The number of aromatic nitrogens is 1. The van der Waals surface area contributed by atoms with Gasteiger partial charge in [0.2, 0.25) is 0 Å². The molecule has 1 atom stereocenters. The lowest BCUT2D eigenvalue weighted by atomic mass is 10.1. The quantitative estimate of drug-likeness (QED) is 0.912. The Morgan fingerprint density at radius 1 is 1.21 bits per heavy atom. The molecule has 2 rings (SSSR count). The van der Waals surface area contributed by atoms with E-state index < -0.39 is 11.2 Å². The summed E-state index contributed by atoms with van der Waals surface area (Å²) in [5, 5.41) is -0.842. The van der Waals surface area contributed by atoms with Crippen LogP contribution in [0.1, 0.15) is 16.6 Å². The molecule has 3 nitrogen and oxygen atoms in total. The predicted octanol–water partition coefficient (Wildman–Crippen LogP) is 2.79. The van der Waals surface area contributed by atoms with E-state index in [0.717, 1.165) is 5.56 Å². The number of benzene rings is 1. The molecule has 1 aromatic carbocycles. The van der Waals surface area contributed by atoms with Crippen LogP contribution in [0.3, 0.4) is 0 Å². The van der Waals surface area contributed by atoms with Gasteiger partial charge in [-0.05, 0) is 11.1 Å². The van der Waals surface area contributed by atoms with E-state index in [9.17, 15) is 13.2 Å². The number of alkyl halides is 3. The fraction of sp³-hybridized carbons (Fsp3) is 0.250. The second-order valence-electron chi connectivity index (χ2n) is 3.99. The van der Waals surface area contributed by atoms with Crippen LogP contribution in [0.5, 0.6) is 0 Å². The molecular formula is C12H12F3N3S. The van der Waals surface area contributed by atoms with Crippen LogP contribution in [-0.4, -0.2) is 11.5 Å². The van der Waals surface area contributed by atoms with Crippen LogP contribution >= 0.6 is 11.3 Å². The molecule has 4 N–H and O–H groups in total. The standard InChI is InChI=1S/C12H12F3N3S/c13-12(14,15)11-18-6-10(19-11)8-3-1-7(2-4-8)9(17)5-16/h1-4,6,9H,5,16-17H2. The molecule has 1 unspecified atom stereocenters. The van der Waals surface area contributed by atoms with Gasteiger partial charge in [0.1, 0.15) is 0 Å². The van der Waals surface area contributed by atoms with E-state index in [1.807, 2.05) is 0 Å². The van der Waals surface area contributed by atoms with Crippen molar-refractivity contribution in [3.05, 3.63) is 41.0 Å². The summed E-state index contributed by atoms with van der Waals surface area (Å²) in [6.07, 6.45) is -3.17. The van der Waals surface area contributed by atoms with Crippen LogP contribution in [0, 0.1) is 0 Å². The van der Waals surface area contributed by atoms with Crippen molar-refractivity contribution in [1.29, 1.82) is 0 Å². The molecule has 1 aromatic heterocycles. The van der Waals surface area contributed by atoms with Gasteiger partial charge in [-0.15, -0.1) is 11.3 Å². The molecule has 7 heteroatoms. The van der Waals surface area contributed by atoms with Gasteiger partial charge in [0.25, 0.3) is 0 Å². The molecule has 19 heavy (non-hydrogen) atoms. The molecule has 0 saturated carbocycles. The average Bonchev–Trinajstić information content (AvgIpc) is 2.87. The largest absolute Gasteiger partial charge is 0.443 e. The maximum atomic E-state index is 12.5. The maximum Gasteiger partial charge on any atom is 0.443 e. The topological polar surface area (TPSA) is 64.9 Å². The maximum absolute atomic E-state index is 12.5. The predicted molar refractivity (Wildman–Crippen MR) is 68.5 cm³/mol. The number of hydrogen-bond acceptors (Lipinski definition) is 4. The van der Waals surface area contributed by atoms with Gasteiger partial charge in [0, 0.05) is 18.8 Å². The van der Waals surface area contributed by atoms with Crippen molar-refractivity contribution in [2.45, 2.75) is 12.2 Å². The molecule has 0 aliphatic heterocycles. The zero-order chi connectivity index (χ0) is 14.0. The molecule has 0 radical (unpaired) electrons. The summed E-state index contributed by atoms with van der Waals surface area (Å²) in [6.45, 7) is 0.318. The van der Waals surface area contributed by atoms with Crippen LogP contribution < -0.4 is 11.5 Å². The molecule has 102 valence electrons. The van der Waals surface area contributed by atoms with Crippen molar-refractivity contribution < 1.29 is 13.2 Å². The summed E-state index contributed by atoms with van der Waals surface area (Å²) in [6, 6.07) is 6.71. The van der Waals surface area contributed by atoms with Gasteiger partial charge in [0.05, 0.1) is 4.88 Å². The number of halogens is 3. The molecule has 0 spiro atoms. The first-order valence-corrected chi connectivity index (χ1v) is 6.32. The summed E-state index contributed by atoms with van der Waals surface area (Å²) < 4.78 is 37.4. The Hall–Kier alpha value is -1.44. The van der Waals surface area contributed by atoms with Crippen molar-refractivity contribution in [2.24, 2.45) is 11.5 Å². The molecule has 0 aliphatic carbocycles.